The van der Waals surface area contributed by atoms with Crippen molar-refractivity contribution in [1.29, 1.82) is 0 Å². The third-order valence-electron chi connectivity index (χ3n) is 4.69. The Kier molecular flexibility index (Phi) is 8.37. The number of carboxylic acids is 2. The Hall–Kier alpha value is -3.39. The lowest BCUT2D eigenvalue weighted by Gasteiger charge is -2.34. The van der Waals surface area contributed by atoms with Gasteiger partial charge < -0.3 is 19.8 Å². The maximum atomic E-state index is 12.6. The van der Waals surface area contributed by atoms with Crippen molar-refractivity contribution < 1.29 is 29.3 Å². The smallest absolute Gasteiger partial charge is 0.414 e. The van der Waals surface area contributed by atoms with Gasteiger partial charge in [0.25, 0.3) is 5.91 Å². The second-order valence-electron chi connectivity index (χ2n) is 6.90. The van der Waals surface area contributed by atoms with Gasteiger partial charge >= 0.3 is 11.9 Å². The van der Waals surface area contributed by atoms with E-state index in [1.165, 1.54) is 11.1 Å². The molecule has 1 amide bonds. The van der Waals surface area contributed by atoms with E-state index in [1.807, 2.05) is 23.1 Å². The number of rotatable bonds is 4. The number of carbonyl (C=O) groups is 3. The number of methoxy groups -OCH3 is 1. The molecule has 1 aliphatic rings. The van der Waals surface area contributed by atoms with Crippen molar-refractivity contribution in [2.24, 2.45) is 0 Å². The Labute approximate surface area is 175 Å². The van der Waals surface area contributed by atoms with Crippen LogP contribution in [0.25, 0.3) is 0 Å². The third kappa shape index (κ3) is 6.89. The standard InChI is InChI=1S/C20H24N2O2.C2H2O4/c1-16-6-8-17(9-7-16)15-21-10-12-22(13-11-21)20(23)18-4-3-5-19(14-18)24-2;3-1(4)2(5)6/h3-9,14H,10-13,15H2,1-2H3;(H,3,4)(H,5,6). The Balaban J connectivity index is 0.000000469. The number of aliphatic carboxylic acids is 2. The average molecular weight is 414 g/mol. The van der Waals surface area contributed by atoms with Gasteiger partial charge in [-0.25, -0.2) is 9.59 Å². The van der Waals surface area contributed by atoms with Crippen molar-refractivity contribution in [1.82, 2.24) is 9.80 Å². The summed E-state index contributed by atoms with van der Waals surface area (Å²) in [5.41, 5.74) is 3.31. The number of hydrogen-bond donors (Lipinski definition) is 2. The van der Waals surface area contributed by atoms with E-state index in [2.05, 4.69) is 36.1 Å². The van der Waals surface area contributed by atoms with Gasteiger partial charge in [-0.2, -0.15) is 0 Å². The first-order chi connectivity index (χ1) is 14.3. The first kappa shape index (κ1) is 22.9. The topological polar surface area (TPSA) is 107 Å². The summed E-state index contributed by atoms with van der Waals surface area (Å²) in [5, 5.41) is 14.8. The van der Waals surface area contributed by atoms with Crippen LogP contribution >= 0.6 is 0 Å². The van der Waals surface area contributed by atoms with Crippen molar-refractivity contribution in [3.05, 3.63) is 65.2 Å². The Morgan fingerprint density at radius 3 is 2.07 bits per heavy atom. The van der Waals surface area contributed by atoms with Crippen LogP contribution in [0.15, 0.2) is 48.5 Å². The zero-order valence-electron chi connectivity index (χ0n) is 17.1. The number of carboxylic acid groups (broad SMARTS) is 2. The molecule has 1 aliphatic heterocycles. The molecule has 30 heavy (non-hydrogen) atoms. The minimum atomic E-state index is -1.82. The van der Waals surface area contributed by atoms with Crippen molar-refractivity contribution >= 4 is 17.8 Å². The van der Waals surface area contributed by atoms with Gasteiger partial charge in [-0.1, -0.05) is 35.9 Å². The molecular weight excluding hydrogens is 388 g/mol. The van der Waals surface area contributed by atoms with Crippen LogP contribution in [0.2, 0.25) is 0 Å². The first-order valence-corrected chi connectivity index (χ1v) is 9.47. The number of ether oxygens (including phenoxy) is 1. The normalized spacial score (nSPS) is 13.7. The fourth-order valence-electron chi connectivity index (χ4n) is 3.00. The molecule has 2 aromatic rings. The van der Waals surface area contributed by atoms with E-state index in [-0.39, 0.29) is 5.91 Å². The summed E-state index contributed by atoms with van der Waals surface area (Å²) in [6.45, 7) is 6.39. The molecule has 0 atom stereocenters. The second kappa shape index (κ2) is 11.0. The molecule has 1 saturated heterocycles. The molecular formula is C22H26N2O6. The summed E-state index contributed by atoms with van der Waals surface area (Å²) in [6, 6.07) is 16.0. The Morgan fingerprint density at radius 2 is 1.53 bits per heavy atom. The number of aryl methyl sites for hydroxylation is 1. The van der Waals surface area contributed by atoms with E-state index in [0.29, 0.717) is 5.56 Å². The number of amides is 1. The van der Waals surface area contributed by atoms with E-state index >= 15 is 0 Å². The number of benzene rings is 2. The van der Waals surface area contributed by atoms with E-state index in [4.69, 9.17) is 24.5 Å². The zero-order valence-corrected chi connectivity index (χ0v) is 17.1. The molecule has 1 heterocycles. The van der Waals surface area contributed by atoms with Crippen LogP contribution < -0.4 is 4.74 Å². The molecule has 8 nitrogen and oxygen atoms in total. The minimum absolute atomic E-state index is 0.0869. The maximum absolute atomic E-state index is 12.6. The van der Waals surface area contributed by atoms with Crippen LogP contribution in [-0.2, 0) is 16.1 Å². The maximum Gasteiger partial charge on any atom is 0.414 e. The average Bonchev–Trinajstić information content (AvgIpc) is 2.76. The van der Waals surface area contributed by atoms with E-state index < -0.39 is 11.9 Å². The first-order valence-electron chi connectivity index (χ1n) is 9.47. The Bertz CT molecular complexity index is 861. The van der Waals surface area contributed by atoms with Crippen LogP contribution in [0.4, 0.5) is 0 Å². The SMILES string of the molecule is COc1cccc(C(=O)N2CCN(Cc3ccc(C)cc3)CC2)c1.O=C(O)C(=O)O. The van der Waals surface area contributed by atoms with Crippen LogP contribution in [0.3, 0.4) is 0 Å². The van der Waals surface area contributed by atoms with Crippen LogP contribution in [0.1, 0.15) is 21.5 Å². The lowest BCUT2D eigenvalue weighted by atomic mass is 10.1. The Morgan fingerprint density at radius 1 is 0.933 bits per heavy atom. The second-order valence-corrected chi connectivity index (χ2v) is 6.90. The monoisotopic (exact) mass is 414 g/mol. The lowest BCUT2D eigenvalue weighted by molar-refractivity contribution is -0.159. The summed E-state index contributed by atoms with van der Waals surface area (Å²) in [4.78, 5) is 35.2. The summed E-state index contributed by atoms with van der Waals surface area (Å²) in [7, 11) is 1.62. The van der Waals surface area contributed by atoms with Crippen molar-refractivity contribution in [2.75, 3.05) is 33.3 Å². The third-order valence-corrected chi connectivity index (χ3v) is 4.69. The fraction of sp³-hybridized carbons (Fsp3) is 0.318. The van der Waals surface area contributed by atoms with Gasteiger partial charge in [-0.05, 0) is 30.7 Å². The summed E-state index contributed by atoms with van der Waals surface area (Å²) in [6.07, 6.45) is 0. The highest BCUT2D eigenvalue weighted by molar-refractivity contribution is 6.27. The van der Waals surface area contributed by atoms with Gasteiger partial charge in [-0.3, -0.25) is 9.69 Å². The highest BCUT2D eigenvalue weighted by Crippen LogP contribution is 2.16. The number of hydrogen-bond acceptors (Lipinski definition) is 5. The van der Waals surface area contributed by atoms with Gasteiger partial charge in [-0.15, -0.1) is 0 Å². The van der Waals surface area contributed by atoms with Crippen molar-refractivity contribution in [3.8, 4) is 5.75 Å². The van der Waals surface area contributed by atoms with Crippen molar-refractivity contribution in [3.63, 3.8) is 0 Å². The molecule has 8 heteroatoms. The van der Waals surface area contributed by atoms with Crippen molar-refractivity contribution in [2.45, 2.75) is 13.5 Å². The van der Waals surface area contributed by atoms with Gasteiger partial charge in [0.1, 0.15) is 5.75 Å². The molecule has 0 aliphatic carbocycles. The summed E-state index contributed by atoms with van der Waals surface area (Å²) < 4.78 is 5.21. The number of nitrogens with zero attached hydrogens (tertiary/aromatic N) is 2. The molecule has 0 spiro atoms. The molecule has 0 saturated carbocycles. The molecule has 0 bridgehead atoms. The summed E-state index contributed by atoms with van der Waals surface area (Å²) >= 11 is 0. The van der Waals surface area contributed by atoms with Gasteiger partial charge in [0, 0.05) is 38.3 Å². The highest BCUT2D eigenvalue weighted by Gasteiger charge is 2.22. The molecule has 0 aromatic heterocycles. The summed E-state index contributed by atoms with van der Waals surface area (Å²) in [5.74, 6) is -2.84. The molecule has 2 aromatic carbocycles. The molecule has 3 rings (SSSR count). The van der Waals surface area contributed by atoms with E-state index in [9.17, 15) is 4.79 Å². The number of piperazine rings is 1. The molecule has 160 valence electrons. The van der Waals surface area contributed by atoms with E-state index in [0.717, 1.165) is 38.5 Å². The highest BCUT2D eigenvalue weighted by atomic mass is 16.5. The van der Waals surface area contributed by atoms with Crippen LogP contribution in [-0.4, -0.2) is 71.1 Å². The fourth-order valence-corrected chi connectivity index (χ4v) is 3.00. The predicted octanol–water partition coefficient (Wildman–Crippen LogP) is 2.12. The van der Waals surface area contributed by atoms with Crippen LogP contribution in [0.5, 0.6) is 5.75 Å². The van der Waals surface area contributed by atoms with Crippen LogP contribution in [0, 0.1) is 6.92 Å². The van der Waals surface area contributed by atoms with Gasteiger partial charge in [0.05, 0.1) is 7.11 Å². The lowest BCUT2D eigenvalue weighted by Crippen LogP contribution is -2.48. The van der Waals surface area contributed by atoms with E-state index in [1.54, 1.807) is 13.2 Å². The largest absolute Gasteiger partial charge is 0.497 e. The van der Waals surface area contributed by atoms with Gasteiger partial charge in [0.15, 0.2) is 0 Å². The predicted molar refractivity (Wildman–Crippen MR) is 111 cm³/mol. The minimum Gasteiger partial charge on any atom is -0.497 e. The molecule has 0 radical (unpaired) electrons. The van der Waals surface area contributed by atoms with Gasteiger partial charge in [0.2, 0.25) is 0 Å². The number of carbonyl (C=O) groups excluding carboxylic acids is 1. The molecule has 1 fully saturated rings. The zero-order chi connectivity index (χ0) is 22.1. The molecule has 2 N–H and O–H groups in total. The molecule has 0 unspecified atom stereocenters. The quantitative estimate of drug-likeness (QED) is 0.738.